The summed E-state index contributed by atoms with van der Waals surface area (Å²) in [5.74, 6) is 0.349. The fourth-order valence-electron chi connectivity index (χ4n) is 1.75. The molecule has 0 radical (unpaired) electrons. The van der Waals surface area contributed by atoms with Gasteiger partial charge in [-0.1, -0.05) is 24.6 Å². The molecular formula is C15H17ClN4O. The van der Waals surface area contributed by atoms with E-state index in [0.717, 1.165) is 17.7 Å². The predicted octanol–water partition coefficient (Wildman–Crippen LogP) is 3.32. The predicted molar refractivity (Wildman–Crippen MR) is 84.1 cm³/mol. The quantitative estimate of drug-likeness (QED) is 0.889. The van der Waals surface area contributed by atoms with Crippen molar-refractivity contribution in [2.24, 2.45) is 0 Å². The van der Waals surface area contributed by atoms with Gasteiger partial charge in [-0.15, -0.1) is 0 Å². The molecule has 2 rings (SSSR count). The van der Waals surface area contributed by atoms with Crippen LogP contribution in [0.25, 0.3) is 0 Å². The van der Waals surface area contributed by atoms with Crippen molar-refractivity contribution >= 4 is 29.0 Å². The third-order valence-electron chi connectivity index (χ3n) is 2.90. The first kappa shape index (κ1) is 15.3. The smallest absolute Gasteiger partial charge is 0.270 e. The van der Waals surface area contributed by atoms with Crippen LogP contribution in [0.1, 0.15) is 29.4 Å². The molecule has 1 aromatic heterocycles. The second-order valence-corrected chi connectivity index (χ2v) is 5.07. The molecule has 1 aromatic carbocycles. The molecule has 5 nitrogen and oxygen atoms in total. The highest BCUT2D eigenvalue weighted by Crippen LogP contribution is 2.23. The number of carbonyl (C=O) groups is 1. The van der Waals surface area contributed by atoms with Gasteiger partial charge in [0, 0.05) is 23.3 Å². The van der Waals surface area contributed by atoms with Crippen molar-refractivity contribution in [3.05, 3.63) is 46.9 Å². The van der Waals surface area contributed by atoms with Crippen molar-refractivity contribution in [3.8, 4) is 0 Å². The van der Waals surface area contributed by atoms with Gasteiger partial charge in [0.1, 0.15) is 17.8 Å². The Hall–Kier alpha value is -2.14. The highest BCUT2D eigenvalue weighted by molar-refractivity contribution is 6.30. The standard InChI is InChI=1S/C15H17ClN4O/c1-3-6-17-15(21)13-8-14(19-9-18-13)20-12-7-11(16)5-4-10(12)2/h4-5,7-9H,3,6H2,1-2H3,(H,17,21)(H,18,19,20). The lowest BCUT2D eigenvalue weighted by atomic mass is 10.2. The number of rotatable bonds is 5. The van der Waals surface area contributed by atoms with Gasteiger partial charge < -0.3 is 10.6 Å². The molecule has 2 N–H and O–H groups in total. The van der Waals surface area contributed by atoms with Gasteiger partial charge in [-0.2, -0.15) is 0 Å². The van der Waals surface area contributed by atoms with Crippen LogP contribution in [-0.4, -0.2) is 22.4 Å². The second kappa shape index (κ2) is 7.04. The van der Waals surface area contributed by atoms with Crippen LogP contribution in [-0.2, 0) is 0 Å². The van der Waals surface area contributed by atoms with E-state index in [-0.39, 0.29) is 5.91 Å². The van der Waals surface area contributed by atoms with Gasteiger partial charge in [0.2, 0.25) is 0 Å². The Morgan fingerprint density at radius 3 is 2.86 bits per heavy atom. The van der Waals surface area contributed by atoms with Crippen LogP contribution >= 0.6 is 11.6 Å². The summed E-state index contributed by atoms with van der Waals surface area (Å²) in [6, 6.07) is 7.17. The summed E-state index contributed by atoms with van der Waals surface area (Å²) < 4.78 is 0. The van der Waals surface area contributed by atoms with Gasteiger partial charge in [-0.25, -0.2) is 9.97 Å². The van der Waals surface area contributed by atoms with Gasteiger partial charge in [0.15, 0.2) is 0 Å². The zero-order chi connectivity index (χ0) is 15.2. The number of anilines is 2. The molecule has 0 spiro atoms. The van der Waals surface area contributed by atoms with E-state index >= 15 is 0 Å². The van der Waals surface area contributed by atoms with Crippen LogP contribution < -0.4 is 10.6 Å². The molecule has 0 fully saturated rings. The monoisotopic (exact) mass is 304 g/mol. The molecule has 0 atom stereocenters. The molecule has 0 aliphatic heterocycles. The van der Waals surface area contributed by atoms with E-state index in [4.69, 9.17) is 11.6 Å². The maximum atomic E-state index is 11.9. The zero-order valence-corrected chi connectivity index (χ0v) is 12.7. The van der Waals surface area contributed by atoms with E-state index in [2.05, 4.69) is 20.6 Å². The molecule has 0 aliphatic rings. The van der Waals surface area contributed by atoms with Crippen molar-refractivity contribution in [1.82, 2.24) is 15.3 Å². The first-order valence-electron chi connectivity index (χ1n) is 6.73. The van der Waals surface area contributed by atoms with Crippen LogP contribution in [0.3, 0.4) is 0 Å². The van der Waals surface area contributed by atoms with Crippen molar-refractivity contribution in [3.63, 3.8) is 0 Å². The largest absolute Gasteiger partial charge is 0.351 e. The maximum absolute atomic E-state index is 11.9. The molecule has 1 amide bonds. The van der Waals surface area contributed by atoms with Gasteiger partial charge >= 0.3 is 0 Å². The van der Waals surface area contributed by atoms with Crippen molar-refractivity contribution in [2.75, 3.05) is 11.9 Å². The first-order chi connectivity index (χ1) is 10.1. The summed E-state index contributed by atoms with van der Waals surface area (Å²) in [7, 11) is 0. The fourth-order valence-corrected chi connectivity index (χ4v) is 1.92. The summed E-state index contributed by atoms with van der Waals surface area (Å²) in [6.07, 6.45) is 2.24. The molecule has 0 saturated carbocycles. The maximum Gasteiger partial charge on any atom is 0.270 e. The van der Waals surface area contributed by atoms with E-state index in [0.29, 0.717) is 23.1 Å². The molecule has 0 bridgehead atoms. The molecule has 6 heteroatoms. The minimum absolute atomic E-state index is 0.204. The first-order valence-corrected chi connectivity index (χ1v) is 7.11. The number of benzene rings is 1. The topological polar surface area (TPSA) is 66.9 Å². The number of hydrogen-bond donors (Lipinski definition) is 2. The molecule has 0 unspecified atom stereocenters. The van der Waals surface area contributed by atoms with Crippen LogP contribution in [0, 0.1) is 6.92 Å². The van der Waals surface area contributed by atoms with E-state index in [1.165, 1.54) is 6.33 Å². The molecule has 21 heavy (non-hydrogen) atoms. The summed E-state index contributed by atoms with van der Waals surface area (Å²) in [6.45, 7) is 4.59. The lowest BCUT2D eigenvalue weighted by molar-refractivity contribution is 0.0948. The number of aryl methyl sites for hydroxylation is 1. The Kier molecular flexibility index (Phi) is 5.11. The molecule has 1 heterocycles. The normalized spacial score (nSPS) is 10.2. The Morgan fingerprint density at radius 2 is 2.10 bits per heavy atom. The van der Waals surface area contributed by atoms with Crippen LogP contribution in [0.4, 0.5) is 11.5 Å². The molecule has 110 valence electrons. The van der Waals surface area contributed by atoms with Gasteiger partial charge in [0.25, 0.3) is 5.91 Å². The highest BCUT2D eigenvalue weighted by atomic mass is 35.5. The van der Waals surface area contributed by atoms with Crippen LogP contribution in [0.15, 0.2) is 30.6 Å². The van der Waals surface area contributed by atoms with Gasteiger partial charge in [0.05, 0.1) is 0 Å². The summed E-state index contributed by atoms with van der Waals surface area (Å²) in [5.41, 5.74) is 2.22. The summed E-state index contributed by atoms with van der Waals surface area (Å²) >= 11 is 5.99. The summed E-state index contributed by atoms with van der Waals surface area (Å²) in [4.78, 5) is 20.0. The summed E-state index contributed by atoms with van der Waals surface area (Å²) in [5, 5.41) is 6.57. The van der Waals surface area contributed by atoms with Crippen molar-refractivity contribution < 1.29 is 4.79 Å². The Morgan fingerprint density at radius 1 is 1.29 bits per heavy atom. The zero-order valence-electron chi connectivity index (χ0n) is 12.0. The number of carbonyl (C=O) groups excluding carboxylic acids is 1. The van der Waals surface area contributed by atoms with E-state index in [9.17, 15) is 4.79 Å². The van der Waals surface area contributed by atoms with Crippen molar-refractivity contribution in [1.29, 1.82) is 0 Å². The number of aromatic nitrogens is 2. The highest BCUT2D eigenvalue weighted by Gasteiger charge is 2.08. The number of hydrogen-bond acceptors (Lipinski definition) is 4. The third-order valence-corrected chi connectivity index (χ3v) is 3.13. The number of amides is 1. The minimum Gasteiger partial charge on any atom is -0.351 e. The van der Waals surface area contributed by atoms with E-state index in [1.54, 1.807) is 6.07 Å². The molecule has 0 aliphatic carbocycles. The number of halogens is 1. The van der Waals surface area contributed by atoms with E-state index < -0.39 is 0 Å². The fraction of sp³-hybridized carbons (Fsp3) is 0.267. The lowest BCUT2D eigenvalue weighted by Crippen LogP contribution is -2.25. The second-order valence-electron chi connectivity index (χ2n) is 4.63. The number of nitrogens with zero attached hydrogens (tertiary/aromatic N) is 2. The Labute approximate surface area is 128 Å². The van der Waals surface area contributed by atoms with E-state index in [1.807, 2.05) is 32.0 Å². The lowest BCUT2D eigenvalue weighted by Gasteiger charge is -2.10. The minimum atomic E-state index is -0.204. The molecule has 2 aromatic rings. The van der Waals surface area contributed by atoms with Crippen LogP contribution in [0.2, 0.25) is 5.02 Å². The Balaban J connectivity index is 2.17. The van der Waals surface area contributed by atoms with Crippen molar-refractivity contribution in [2.45, 2.75) is 20.3 Å². The molecule has 0 saturated heterocycles. The average molecular weight is 305 g/mol. The van der Waals surface area contributed by atoms with Crippen LogP contribution in [0.5, 0.6) is 0 Å². The average Bonchev–Trinajstić information content (AvgIpc) is 2.49. The molecular weight excluding hydrogens is 288 g/mol. The van der Waals surface area contributed by atoms with Gasteiger partial charge in [-0.05, 0) is 31.0 Å². The Bertz CT molecular complexity index is 645. The SMILES string of the molecule is CCCNC(=O)c1cc(Nc2cc(Cl)ccc2C)ncn1. The number of nitrogens with one attached hydrogen (secondary N) is 2. The third kappa shape index (κ3) is 4.16. The van der Waals surface area contributed by atoms with Gasteiger partial charge in [-0.3, -0.25) is 4.79 Å².